The summed E-state index contributed by atoms with van der Waals surface area (Å²) in [5.74, 6) is -2.53. The summed E-state index contributed by atoms with van der Waals surface area (Å²) in [4.78, 5) is 28.4. The van der Waals surface area contributed by atoms with Gasteiger partial charge in [0, 0.05) is 35.4 Å². The summed E-state index contributed by atoms with van der Waals surface area (Å²) in [6.45, 7) is 2.03. The van der Waals surface area contributed by atoms with Crippen LogP contribution in [0.2, 0.25) is 0 Å². The van der Waals surface area contributed by atoms with Crippen molar-refractivity contribution in [2.24, 2.45) is 7.05 Å². The van der Waals surface area contributed by atoms with Gasteiger partial charge in [-0.15, -0.1) is 0 Å². The molecule has 7 heteroatoms. The fourth-order valence-electron chi connectivity index (χ4n) is 4.89. The average Bonchev–Trinajstić information content (AvgIpc) is 3.37. The summed E-state index contributed by atoms with van der Waals surface area (Å²) >= 11 is 0. The number of halogens is 1. The Labute approximate surface area is 207 Å². The number of amides is 1. The second-order valence-corrected chi connectivity index (χ2v) is 8.75. The van der Waals surface area contributed by atoms with Gasteiger partial charge in [-0.1, -0.05) is 37.3 Å². The van der Waals surface area contributed by atoms with Crippen molar-refractivity contribution in [2.45, 2.75) is 19.4 Å². The van der Waals surface area contributed by atoms with Crippen molar-refractivity contribution in [3.05, 3.63) is 101 Å². The second kappa shape index (κ2) is 9.00. The molecule has 0 saturated carbocycles. The van der Waals surface area contributed by atoms with Crippen LogP contribution in [0.3, 0.4) is 0 Å². The number of nitrogens with zero attached hydrogens (tertiary/aromatic N) is 2. The van der Waals surface area contributed by atoms with Crippen LogP contribution in [0, 0.1) is 5.82 Å². The van der Waals surface area contributed by atoms with Gasteiger partial charge in [-0.25, -0.2) is 4.39 Å². The van der Waals surface area contributed by atoms with E-state index < -0.39 is 29.3 Å². The molecule has 0 radical (unpaired) electrons. The Morgan fingerprint density at radius 3 is 2.47 bits per heavy atom. The Balaban J connectivity index is 1.81. The molecule has 5 rings (SSSR count). The Kier molecular flexibility index (Phi) is 5.84. The maximum atomic E-state index is 14.2. The number of anilines is 1. The van der Waals surface area contributed by atoms with Crippen LogP contribution in [0.1, 0.15) is 29.7 Å². The van der Waals surface area contributed by atoms with Gasteiger partial charge in [-0.05, 0) is 48.4 Å². The van der Waals surface area contributed by atoms with Crippen molar-refractivity contribution in [1.82, 2.24) is 4.57 Å². The van der Waals surface area contributed by atoms with E-state index >= 15 is 0 Å². The summed E-state index contributed by atoms with van der Waals surface area (Å²) in [6.07, 6.45) is 2.68. The number of ether oxygens (including phenoxy) is 1. The zero-order valence-electron chi connectivity index (χ0n) is 20.2. The molecule has 36 heavy (non-hydrogen) atoms. The molecule has 1 fully saturated rings. The quantitative estimate of drug-likeness (QED) is 0.230. The molecule has 2 heterocycles. The number of carbonyl (C=O) groups excluding carboxylic acids is 2. The number of fused-ring (bicyclic) bond motifs is 1. The summed E-state index contributed by atoms with van der Waals surface area (Å²) in [7, 11) is 3.27. The van der Waals surface area contributed by atoms with E-state index in [2.05, 4.69) is 0 Å². The molecule has 1 amide bonds. The monoisotopic (exact) mass is 484 g/mol. The fourth-order valence-corrected chi connectivity index (χ4v) is 4.89. The number of hydrogen-bond donors (Lipinski definition) is 1. The smallest absolute Gasteiger partial charge is 0.300 e. The minimum absolute atomic E-state index is 0.00191. The Morgan fingerprint density at radius 1 is 1.06 bits per heavy atom. The lowest BCUT2D eigenvalue weighted by Gasteiger charge is -2.25. The predicted octanol–water partition coefficient (Wildman–Crippen LogP) is 5.51. The van der Waals surface area contributed by atoms with Gasteiger partial charge >= 0.3 is 0 Å². The van der Waals surface area contributed by atoms with E-state index in [1.54, 1.807) is 12.1 Å². The van der Waals surface area contributed by atoms with Gasteiger partial charge in [0.05, 0.1) is 24.3 Å². The van der Waals surface area contributed by atoms with Gasteiger partial charge in [0.2, 0.25) is 0 Å². The number of aryl methyl sites for hydroxylation is 2. The average molecular weight is 485 g/mol. The molecule has 1 aliphatic rings. The summed E-state index contributed by atoms with van der Waals surface area (Å²) in [6, 6.07) is 17.8. The van der Waals surface area contributed by atoms with Gasteiger partial charge < -0.3 is 14.4 Å². The summed E-state index contributed by atoms with van der Waals surface area (Å²) in [5.41, 5.74) is 3.06. The highest BCUT2D eigenvalue weighted by atomic mass is 19.1. The Hall–Kier alpha value is -4.39. The number of carbonyl (C=O) groups is 2. The number of Topliss-reactive ketones (excluding diaryl/α,β-unsaturated/α-hetero) is 1. The third-order valence-corrected chi connectivity index (χ3v) is 6.71. The number of para-hydroxylation sites is 1. The SMILES string of the molecule is CCc1ccc(N2C(=O)C(=O)/C(=C(/O)c3cc(F)ccc3OC)C2c2cn(C)c3ccccc23)cc1. The van der Waals surface area contributed by atoms with E-state index in [0.29, 0.717) is 11.3 Å². The highest BCUT2D eigenvalue weighted by Crippen LogP contribution is 2.45. The first-order chi connectivity index (χ1) is 17.3. The third kappa shape index (κ3) is 3.64. The number of aromatic nitrogens is 1. The minimum atomic E-state index is -0.934. The molecule has 1 aromatic heterocycles. The lowest BCUT2D eigenvalue weighted by Crippen LogP contribution is -2.29. The van der Waals surface area contributed by atoms with E-state index in [0.717, 1.165) is 29.0 Å². The van der Waals surface area contributed by atoms with Gasteiger partial charge in [0.15, 0.2) is 0 Å². The molecule has 4 aromatic rings. The van der Waals surface area contributed by atoms with Crippen LogP contribution < -0.4 is 9.64 Å². The first-order valence-electron chi connectivity index (χ1n) is 11.6. The maximum Gasteiger partial charge on any atom is 0.300 e. The van der Waals surface area contributed by atoms with Crippen LogP contribution in [-0.4, -0.2) is 28.5 Å². The highest BCUT2D eigenvalue weighted by Gasteiger charge is 2.48. The molecule has 182 valence electrons. The zero-order valence-corrected chi connectivity index (χ0v) is 20.2. The van der Waals surface area contributed by atoms with Crippen molar-refractivity contribution in [2.75, 3.05) is 12.0 Å². The summed E-state index contributed by atoms with van der Waals surface area (Å²) in [5, 5.41) is 12.3. The van der Waals surface area contributed by atoms with Crippen LogP contribution >= 0.6 is 0 Å². The molecule has 1 unspecified atom stereocenters. The largest absolute Gasteiger partial charge is 0.507 e. The van der Waals surface area contributed by atoms with Gasteiger partial charge in [0.1, 0.15) is 17.3 Å². The minimum Gasteiger partial charge on any atom is -0.507 e. The number of rotatable bonds is 5. The zero-order chi connectivity index (χ0) is 25.6. The molecular formula is C29H25FN2O4. The molecule has 0 aliphatic carbocycles. The van der Waals surface area contributed by atoms with E-state index in [4.69, 9.17) is 4.74 Å². The van der Waals surface area contributed by atoms with Crippen molar-refractivity contribution in [1.29, 1.82) is 0 Å². The fraction of sp³-hybridized carbons (Fsp3) is 0.172. The standard InChI is InChI=1S/C29H25FN2O4/c1-4-17-9-12-19(13-10-17)32-26(22-16-31(2)23-8-6-5-7-20(22)23)25(28(34)29(32)35)27(33)21-15-18(30)11-14-24(21)36-3/h5-16,26,33H,4H2,1-3H3/b27-25+. The molecule has 0 spiro atoms. The molecule has 1 atom stereocenters. The van der Waals surface area contributed by atoms with Crippen LogP contribution in [0.15, 0.2) is 78.5 Å². The molecule has 6 nitrogen and oxygen atoms in total. The van der Waals surface area contributed by atoms with E-state index in [9.17, 15) is 19.1 Å². The third-order valence-electron chi connectivity index (χ3n) is 6.71. The number of methoxy groups -OCH3 is 1. The van der Waals surface area contributed by atoms with Crippen molar-refractivity contribution in [3.63, 3.8) is 0 Å². The lowest BCUT2D eigenvalue weighted by molar-refractivity contribution is -0.132. The highest BCUT2D eigenvalue weighted by molar-refractivity contribution is 6.52. The maximum absolute atomic E-state index is 14.2. The van der Waals surface area contributed by atoms with Crippen molar-refractivity contribution >= 4 is 34.0 Å². The Bertz CT molecular complexity index is 1530. The van der Waals surface area contributed by atoms with Crippen LogP contribution in [-0.2, 0) is 23.1 Å². The topological polar surface area (TPSA) is 71.8 Å². The molecule has 1 aliphatic heterocycles. The van der Waals surface area contributed by atoms with Gasteiger partial charge in [-0.3, -0.25) is 14.5 Å². The first-order valence-corrected chi connectivity index (χ1v) is 11.6. The lowest BCUT2D eigenvalue weighted by atomic mass is 9.94. The van der Waals surface area contributed by atoms with E-state index in [1.165, 1.54) is 24.1 Å². The number of aliphatic hydroxyl groups is 1. The number of ketones is 1. The molecular weight excluding hydrogens is 459 g/mol. The second-order valence-electron chi connectivity index (χ2n) is 8.75. The molecule has 1 saturated heterocycles. The summed E-state index contributed by atoms with van der Waals surface area (Å²) < 4.78 is 21.4. The normalized spacial score (nSPS) is 17.2. The van der Waals surface area contributed by atoms with Gasteiger partial charge in [-0.2, -0.15) is 0 Å². The Morgan fingerprint density at radius 2 is 1.78 bits per heavy atom. The number of benzene rings is 3. The van der Waals surface area contributed by atoms with Crippen LogP contribution in [0.5, 0.6) is 5.75 Å². The van der Waals surface area contributed by atoms with E-state index in [-0.39, 0.29) is 16.9 Å². The molecule has 0 bridgehead atoms. The molecule has 3 aromatic carbocycles. The van der Waals surface area contributed by atoms with Crippen LogP contribution in [0.4, 0.5) is 10.1 Å². The number of hydrogen-bond acceptors (Lipinski definition) is 4. The number of aliphatic hydroxyl groups excluding tert-OH is 1. The van der Waals surface area contributed by atoms with Crippen molar-refractivity contribution in [3.8, 4) is 5.75 Å². The molecule has 1 N–H and O–H groups in total. The van der Waals surface area contributed by atoms with E-state index in [1.807, 2.05) is 61.1 Å². The van der Waals surface area contributed by atoms with Crippen LogP contribution in [0.25, 0.3) is 16.7 Å². The predicted molar refractivity (Wildman–Crippen MR) is 136 cm³/mol. The van der Waals surface area contributed by atoms with Crippen molar-refractivity contribution < 1.29 is 23.8 Å². The first kappa shape index (κ1) is 23.4. The van der Waals surface area contributed by atoms with Gasteiger partial charge in [0.25, 0.3) is 11.7 Å².